The van der Waals surface area contributed by atoms with Crippen molar-refractivity contribution in [2.75, 3.05) is 0 Å². The first-order valence-electron chi connectivity index (χ1n) is 4.36. The van der Waals surface area contributed by atoms with Crippen molar-refractivity contribution in [2.45, 2.75) is 23.8 Å². The highest BCUT2D eigenvalue weighted by molar-refractivity contribution is 9.10. The number of hydrogen-bond acceptors (Lipinski definition) is 1. The van der Waals surface area contributed by atoms with E-state index in [4.69, 9.17) is 11.6 Å². The molecule has 1 atom stereocenters. The van der Waals surface area contributed by atoms with Gasteiger partial charge in [-0.2, -0.15) is 8.78 Å². The van der Waals surface area contributed by atoms with Gasteiger partial charge in [-0.25, -0.2) is 0 Å². The molecular formula is C10H10BrClF2O. The van der Waals surface area contributed by atoms with E-state index >= 15 is 0 Å². The van der Waals surface area contributed by atoms with Crippen molar-refractivity contribution in [3.05, 3.63) is 34.9 Å². The number of alkyl halides is 3. The average Bonchev–Trinajstić information content (AvgIpc) is 2.14. The van der Waals surface area contributed by atoms with Gasteiger partial charge in [0.1, 0.15) is 0 Å². The Balaban J connectivity index is 3.23. The summed E-state index contributed by atoms with van der Waals surface area (Å²) in [5, 5.41) is 10.2. The predicted molar refractivity (Wildman–Crippen MR) is 59.5 cm³/mol. The zero-order valence-electron chi connectivity index (χ0n) is 7.98. The van der Waals surface area contributed by atoms with Crippen molar-refractivity contribution in [3.63, 3.8) is 0 Å². The van der Waals surface area contributed by atoms with Crippen molar-refractivity contribution >= 4 is 27.5 Å². The largest absolute Gasteiger partial charge is 0.378 e. The lowest BCUT2D eigenvalue weighted by Gasteiger charge is -2.31. The van der Waals surface area contributed by atoms with Crippen molar-refractivity contribution in [1.82, 2.24) is 0 Å². The molecule has 1 rings (SSSR count). The number of benzene rings is 1. The molecule has 0 bridgehead atoms. The van der Waals surface area contributed by atoms with Gasteiger partial charge in [-0.1, -0.05) is 30.7 Å². The van der Waals surface area contributed by atoms with Crippen LogP contribution in [0, 0.1) is 0 Å². The molecular weight excluding hydrogens is 289 g/mol. The van der Waals surface area contributed by atoms with Crippen LogP contribution in [0.25, 0.3) is 0 Å². The van der Waals surface area contributed by atoms with Crippen LogP contribution in [-0.4, -0.2) is 9.94 Å². The Morgan fingerprint density at radius 3 is 2.47 bits per heavy atom. The van der Waals surface area contributed by atoms with Gasteiger partial charge >= 0.3 is 4.83 Å². The van der Waals surface area contributed by atoms with Gasteiger partial charge in [0.05, 0.1) is 0 Å². The van der Waals surface area contributed by atoms with Gasteiger partial charge in [-0.15, -0.1) is 0 Å². The van der Waals surface area contributed by atoms with E-state index in [0.29, 0.717) is 5.02 Å². The highest BCUT2D eigenvalue weighted by Gasteiger charge is 2.50. The highest BCUT2D eigenvalue weighted by Crippen LogP contribution is 2.44. The zero-order chi connectivity index (χ0) is 11.7. The number of hydrogen-bond donors (Lipinski definition) is 1. The minimum absolute atomic E-state index is 0.0966. The fourth-order valence-electron chi connectivity index (χ4n) is 1.31. The van der Waals surface area contributed by atoms with Gasteiger partial charge in [-0.3, -0.25) is 0 Å². The molecule has 1 aromatic rings. The molecule has 0 aliphatic heterocycles. The summed E-state index contributed by atoms with van der Waals surface area (Å²) in [5.74, 6) is 0. The number of halogens is 4. The van der Waals surface area contributed by atoms with Gasteiger partial charge in [0.25, 0.3) is 0 Å². The molecule has 0 aromatic heterocycles. The zero-order valence-corrected chi connectivity index (χ0v) is 10.3. The van der Waals surface area contributed by atoms with Crippen LogP contribution in [0.15, 0.2) is 24.3 Å². The van der Waals surface area contributed by atoms with E-state index < -0.39 is 10.4 Å². The Labute approximate surface area is 100 Å². The van der Waals surface area contributed by atoms with Crippen molar-refractivity contribution in [1.29, 1.82) is 0 Å². The van der Waals surface area contributed by atoms with Crippen LogP contribution in [0.4, 0.5) is 8.78 Å². The summed E-state index contributed by atoms with van der Waals surface area (Å²) in [5.41, 5.74) is -2.14. The lowest BCUT2D eigenvalue weighted by Crippen LogP contribution is -2.40. The number of rotatable bonds is 3. The Morgan fingerprint density at radius 2 is 2.07 bits per heavy atom. The minimum atomic E-state index is -3.39. The van der Waals surface area contributed by atoms with E-state index in [1.807, 2.05) is 0 Å². The first-order valence-corrected chi connectivity index (χ1v) is 5.53. The molecule has 5 heteroatoms. The normalized spacial score (nSPS) is 16.1. The first kappa shape index (κ1) is 12.9. The molecule has 0 amide bonds. The second-order valence-electron chi connectivity index (χ2n) is 3.22. The fourth-order valence-corrected chi connectivity index (χ4v) is 2.01. The van der Waals surface area contributed by atoms with E-state index in [0.717, 1.165) is 0 Å². The molecule has 0 spiro atoms. The maximum absolute atomic E-state index is 13.2. The Kier molecular flexibility index (Phi) is 3.74. The smallest absolute Gasteiger partial charge is 0.333 e. The molecule has 0 aliphatic carbocycles. The van der Waals surface area contributed by atoms with Gasteiger partial charge in [0.2, 0.25) is 0 Å². The van der Waals surface area contributed by atoms with Crippen LogP contribution >= 0.6 is 27.5 Å². The van der Waals surface area contributed by atoms with Gasteiger partial charge in [-0.05, 0) is 40.0 Å². The quantitative estimate of drug-likeness (QED) is 0.839. The molecule has 1 N–H and O–H groups in total. The molecule has 1 aromatic carbocycles. The molecule has 0 fully saturated rings. The van der Waals surface area contributed by atoms with Crippen LogP contribution in [-0.2, 0) is 5.60 Å². The average molecular weight is 300 g/mol. The number of aliphatic hydroxyl groups is 1. The molecule has 15 heavy (non-hydrogen) atoms. The summed E-state index contributed by atoms with van der Waals surface area (Å²) in [6, 6.07) is 5.84. The summed E-state index contributed by atoms with van der Waals surface area (Å²) >= 11 is 7.88. The summed E-state index contributed by atoms with van der Waals surface area (Å²) in [6.45, 7) is 1.48. The van der Waals surface area contributed by atoms with Crippen LogP contribution in [0.3, 0.4) is 0 Å². The van der Waals surface area contributed by atoms with Gasteiger partial charge < -0.3 is 5.11 Å². The summed E-state index contributed by atoms with van der Waals surface area (Å²) < 4.78 is 26.4. The molecule has 0 saturated heterocycles. The van der Waals surface area contributed by atoms with Crippen LogP contribution < -0.4 is 0 Å². The second-order valence-corrected chi connectivity index (χ2v) is 4.65. The molecule has 1 unspecified atom stereocenters. The van der Waals surface area contributed by atoms with Crippen molar-refractivity contribution in [3.8, 4) is 0 Å². The molecule has 0 saturated carbocycles. The summed E-state index contributed by atoms with van der Waals surface area (Å²) in [4.78, 5) is -3.39. The lowest BCUT2D eigenvalue weighted by atomic mass is 9.91. The summed E-state index contributed by atoms with van der Waals surface area (Å²) in [7, 11) is 0. The van der Waals surface area contributed by atoms with Crippen molar-refractivity contribution in [2.24, 2.45) is 0 Å². The Bertz CT molecular complexity index is 354. The van der Waals surface area contributed by atoms with Gasteiger partial charge in [0.15, 0.2) is 5.60 Å². The second kappa shape index (κ2) is 4.36. The molecule has 0 radical (unpaired) electrons. The maximum atomic E-state index is 13.2. The van der Waals surface area contributed by atoms with Crippen LogP contribution in [0.2, 0.25) is 5.02 Å². The highest BCUT2D eigenvalue weighted by atomic mass is 79.9. The standard InChI is InChI=1S/C10H10BrClF2O/c1-2-9(15,10(11,13)14)7-4-3-5-8(12)6-7/h3-6,15H,2H2,1H3. The molecule has 84 valence electrons. The van der Waals surface area contributed by atoms with Crippen LogP contribution in [0.1, 0.15) is 18.9 Å². The predicted octanol–water partition coefficient (Wildman–Crippen LogP) is 3.93. The van der Waals surface area contributed by atoms with Crippen LogP contribution in [0.5, 0.6) is 0 Å². The summed E-state index contributed by atoms with van der Waals surface area (Å²) in [6.07, 6.45) is -0.119. The SMILES string of the molecule is CCC(O)(c1cccc(Cl)c1)C(F)(F)Br. The van der Waals surface area contributed by atoms with Crippen molar-refractivity contribution < 1.29 is 13.9 Å². The lowest BCUT2D eigenvalue weighted by molar-refractivity contribution is -0.124. The van der Waals surface area contributed by atoms with E-state index in [2.05, 4.69) is 15.9 Å². The monoisotopic (exact) mass is 298 g/mol. The van der Waals surface area contributed by atoms with E-state index in [-0.39, 0.29) is 12.0 Å². The van der Waals surface area contributed by atoms with E-state index in [1.165, 1.54) is 25.1 Å². The minimum Gasteiger partial charge on any atom is -0.378 e. The Hall–Kier alpha value is -0.190. The third-order valence-electron chi connectivity index (χ3n) is 2.28. The van der Waals surface area contributed by atoms with Gasteiger partial charge in [0, 0.05) is 5.02 Å². The topological polar surface area (TPSA) is 20.2 Å². The maximum Gasteiger partial charge on any atom is 0.333 e. The van der Waals surface area contributed by atoms with E-state index in [1.54, 1.807) is 6.07 Å². The Morgan fingerprint density at radius 1 is 1.47 bits per heavy atom. The molecule has 0 heterocycles. The third kappa shape index (κ3) is 2.49. The van der Waals surface area contributed by atoms with E-state index in [9.17, 15) is 13.9 Å². The fraction of sp³-hybridized carbons (Fsp3) is 0.400. The third-order valence-corrected chi connectivity index (χ3v) is 3.17. The molecule has 1 nitrogen and oxygen atoms in total. The molecule has 0 aliphatic rings. The first-order chi connectivity index (χ1) is 6.81.